The van der Waals surface area contributed by atoms with E-state index in [4.69, 9.17) is 50.4 Å². The number of ether oxygens (including phenoxy) is 4. The Hall–Kier alpha value is -3.17. The number of carboxylic acid groups (broad SMARTS) is 2. The number of hydrogen-bond acceptors (Lipinski definition) is 7. The summed E-state index contributed by atoms with van der Waals surface area (Å²) in [6.45, 7) is 7.34. The molecule has 3 N–H and O–H groups in total. The molecule has 10 heteroatoms. The van der Waals surface area contributed by atoms with E-state index in [0.29, 0.717) is 43.7 Å². The fourth-order valence-electron chi connectivity index (χ4n) is 3.64. The molecular weight excluding hydrogens is 466 g/mol. The Morgan fingerprint density at radius 1 is 1.09 bits per heavy atom. The molecule has 2 aromatic carbocycles. The molecule has 184 valence electrons. The molecule has 9 nitrogen and oxygen atoms in total. The van der Waals surface area contributed by atoms with Crippen LogP contribution in [0.5, 0.6) is 23.0 Å². The van der Waals surface area contributed by atoms with Gasteiger partial charge < -0.3 is 34.5 Å². The van der Waals surface area contributed by atoms with Gasteiger partial charge >= 0.3 is 11.9 Å². The largest absolute Gasteiger partial charge is 0.494 e. The van der Waals surface area contributed by atoms with E-state index in [9.17, 15) is 0 Å². The van der Waals surface area contributed by atoms with Crippen LogP contribution in [0, 0.1) is 0 Å². The molecule has 2 aliphatic heterocycles. The third-order valence-corrected chi connectivity index (χ3v) is 5.35. The van der Waals surface area contributed by atoms with Gasteiger partial charge in [-0.2, -0.15) is 0 Å². The van der Waals surface area contributed by atoms with Gasteiger partial charge in [-0.15, -0.1) is 0 Å². The molecular formula is C24H28ClNO8. The number of carbonyl (C=O) groups is 2. The summed E-state index contributed by atoms with van der Waals surface area (Å²) in [5.74, 6) is -0.400. The van der Waals surface area contributed by atoms with Gasteiger partial charge in [0.15, 0.2) is 11.5 Å². The lowest BCUT2D eigenvalue weighted by Gasteiger charge is -2.14. The standard InChI is InChI=1S/C22H26ClNO4.C2H2O4/c1-3-25-19-10-16-7-14(2)28-20(16)11-17(19)13-24-12-15-8-18(23)22-21(9-15)26-5-4-6-27-22;3-1(4)2(5)6/h8-11,14,24H,3-7,12-13H2,1-2H3;(H,3,4)(H,5,6). The van der Waals surface area contributed by atoms with E-state index >= 15 is 0 Å². The molecule has 1 unspecified atom stereocenters. The van der Waals surface area contributed by atoms with Gasteiger partial charge in [0.05, 0.1) is 24.8 Å². The fraction of sp³-hybridized carbons (Fsp3) is 0.417. The van der Waals surface area contributed by atoms with Crippen molar-refractivity contribution in [2.24, 2.45) is 0 Å². The highest BCUT2D eigenvalue weighted by Gasteiger charge is 2.22. The second kappa shape index (κ2) is 11.8. The summed E-state index contributed by atoms with van der Waals surface area (Å²) in [4.78, 5) is 18.2. The number of rotatable bonds is 6. The van der Waals surface area contributed by atoms with Crippen LogP contribution < -0.4 is 24.3 Å². The zero-order valence-corrected chi connectivity index (χ0v) is 19.8. The van der Waals surface area contributed by atoms with Gasteiger partial charge in [0.25, 0.3) is 0 Å². The zero-order chi connectivity index (χ0) is 24.7. The average Bonchev–Trinajstić information content (AvgIpc) is 2.98. The first-order valence-corrected chi connectivity index (χ1v) is 11.4. The molecule has 0 saturated carbocycles. The predicted molar refractivity (Wildman–Crippen MR) is 124 cm³/mol. The van der Waals surface area contributed by atoms with Crippen LogP contribution in [-0.4, -0.2) is 48.1 Å². The first kappa shape index (κ1) is 25.5. The normalized spacial score (nSPS) is 15.8. The van der Waals surface area contributed by atoms with Crippen LogP contribution in [0.4, 0.5) is 0 Å². The monoisotopic (exact) mass is 493 g/mol. The van der Waals surface area contributed by atoms with Gasteiger partial charge in [0.2, 0.25) is 0 Å². The molecule has 2 aliphatic rings. The minimum Gasteiger partial charge on any atom is -0.494 e. The summed E-state index contributed by atoms with van der Waals surface area (Å²) in [7, 11) is 0. The van der Waals surface area contributed by atoms with Crippen molar-refractivity contribution in [2.45, 2.75) is 45.9 Å². The third-order valence-electron chi connectivity index (χ3n) is 5.07. The number of hydrogen-bond donors (Lipinski definition) is 3. The lowest BCUT2D eigenvalue weighted by Crippen LogP contribution is -2.14. The third kappa shape index (κ3) is 6.68. The van der Waals surface area contributed by atoms with Crippen LogP contribution in [0.15, 0.2) is 24.3 Å². The number of fused-ring (bicyclic) bond motifs is 2. The molecule has 0 aromatic heterocycles. The van der Waals surface area contributed by atoms with E-state index < -0.39 is 11.9 Å². The average molecular weight is 494 g/mol. The summed E-state index contributed by atoms with van der Waals surface area (Å²) in [5.41, 5.74) is 3.36. The second-order valence-electron chi connectivity index (χ2n) is 7.80. The highest BCUT2D eigenvalue weighted by molar-refractivity contribution is 6.32. The second-order valence-corrected chi connectivity index (χ2v) is 8.21. The molecule has 34 heavy (non-hydrogen) atoms. The molecule has 0 bridgehead atoms. The number of nitrogens with one attached hydrogen (secondary N) is 1. The quantitative estimate of drug-likeness (QED) is 0.517. The Balaban J connectivity index is 0.000000481. The molecule has 0 amide bonds. The minimum atomic E-state index is -1.82. The van der Waals surface area contributed by atoms with Gasteiger partial charge in [-0.1, -0.05) is 11.6 Å². The van der Waals surface area contributed by atoms with Crippen LogP contribution in [0.25, 0.3) is 0 Å². The van der Waals surface area contributed by atoms with Gasteiger partial charge in [-0.25, -0.2) is 9.59 Å². The summed E-state index contributed by atoms with van der Waals surface area (Å²) in [6, 6.07) is 8.14. The number of benzene rings is 2. The van der Waals surface area contributed by atoms with Crippen molar-refractivity contribution < 1.29 is 38.7 Å². The zero-order valence-electron chi connectivity index (χ0n) is 19.1. The molecule has 2 aromatic rings. The lowest BCUT2D eigenvalue weighted by atomic mass is 10.1. The molecule has 0 radical (unpaired) electrons. The van der Waals surface area contributed by atoms with Gasteiger partial charge in [-0.05, 0) is 43.7 Å². The SMILES string of the molecule is CCOc1cc2c(cc1CNCc1cc(Cl)c3c(c1)OCCCO3)OC(C)C2.O=C(O)C(=O)O. The number of aliphatic carboxylic acids is 2. The molecule has 0 aliphatic carbocycles. The summed E-state index contributed by atoms with van der Waals surface area (Å²) in [6.07, 6.45) is 2.01. The van der Waals surface area contributed by atoms with Crippen LogP contribution >= 0.6 is 11.6 Å². The minimum absolute atomic E-state index is 0.219. The maximum absolute atomic E-state index is 9.10. The number of carboxylic acids is 2. The molecule has 0 saturated heterocycles. The highest BCUT2D eigenvalue weighted by Crippen LogP contribution is 2.38. The van der Waals surface area contributed by atoms with E-state index in [1.807, 2.05) is 19.1 Å². The first-order valence-electron chi connectivity index (χ1n) is 11.0. The summed E-state index contributed by atoms with van der Waals surface area (Å²) >= 11 is 6.39. The van der Waals surface area contributed by atoms with Crippen molar-refractivity contribution in [3.8, 4) is 23.0 Å². The van der Waals surface area contributed by atoms with Crippen LogP contribution in [-0.2, 0) is 29.1 Å². The fourth-order valence-corrected chi connectivity index (χ4v) is 3.93. The van der Waals surface area contributed by atoms with Crippen molar-refractivity contribution in [3.05, 3.63) is 46.0 Å². The van der Waals surface area contributed by atoms with Crippen LogP contribution in [0.1, 0.15) is 37.0 Å². The highest BCUT2D eigenvalue weighted by atomic mass is 35.5. The van der Waals surface area contributed by atoms with Gasteiger partial charge in [0.1, 0.15) is 17.6 Å². The van der Waals surface area contributed by atoms with Gasteiger partial charge in [0, 0.05) is 37.1 Å². The van der Waals surface area contributed by atoms with E-state index in [1.54, 1.807) is 0 Å². The van der Waals surface area contributed by atoms with Crippen molar-refractivity contribution >= 4 is 23.5 Å². The molecule has 2 heterocycles. The molecule has 0 fully saturated rings. The Morgan fingerprint density at radius 2 is 1.82 bits per heavy atom. The maximum Gasteiger partial charge on any atom is 0.414 e. The Labute approximate surface area is 202 Å². The van der Waals surface area contributed by atoms with Gasteiger partial charge in [-0.3, -0.25) is 0 Å². The van der Waals surface area contributed by atoms with Crippen molar-refractivity contribution in [1.29, 1.82) is 0 Å². The van der Waals surface area contributed by atoms with Crippen LogP contribution in [0.2, 0.25) is 5.02 Å². The van der Waals surface area contributed by atoms with Crippen LogP contribution in [0.3, 0.4) is 0 Å². The van der Waals surface area contributed by atoms with Crippen molar-refractivity contribution in [2.75, 3.05) is 19.8 Å². The molecule has 1 atom stereocenters. The topological polar surface area (TPSA) is 124 Å². The smallest absolute Gasteiger partial charge is 0.414 e. The first-order chi connectivity index (χ1) is 16.3. The lowest BCUT2D eigenvalue weighted by molar-refractivity contribution is -0.159. The Bertz CT molecular complexity index is 1030. The van der Waals surface area contributed by atoms with Crippen molar-refractivity contribution in [1.82, 2.24) is 5.32 Å². The van der Waals surface area contributed by atoms with E-state index in [1.165, 1.54) is 5.56 Å². The molecule has 0 spiro atoms. The van der Waals surface area contributed by atoms with E-state index in [-0.39, 0.29) is 6.10 Å². The summed E-state index contributed by atoms with van der Waals surface area (Å²) in [5, 5.41) is 18.8. The van der Waals surface area contributed by atoms with E-state index in [0.717, 1.165) is 41.2 Å². The maximum atomic E-state index is 9.10. The van der Waals surface area contributed by atoms with E-state index in [2.05, 4.69) is 24.4 Å². The Kier molecular flexibility index (Phi) is 8.84. The molecule has 4 rings (SSSR count). The number of halogens is 1. The Morgan fingerprint density at radius 3 is 2.53 bits per heavy atom. The predicted octanol–water partition coefficient (Wildman–Crippen LogP) is 3.67. The summed E-state index contributed by atoms with van der Waals surface area (Å²) < 4.78 is 23.2. The van der Waals surface area contributed by atoms with Crippen molar-refractivity contribution in [3.63, 3.8) is 0 Å².